The molecule has 0 spiro atoms. The molecule has 1 aromatic rings. The highest BCUT2D eigenvalue weighted by Crippen LogP contribution is 2.21. The molecule has 1 unspecified atom stereocenters. The molecular weight excluding hydrogens is 217 g/mol. The van der Waals surface area contributed by atoms with E-state index in [9.17, 15) is 4.39 Å². The lowest BCUT2D eigenvalue weighted by molar-refractivity contribution is 0.344. The third-order valence-electron chi connectivity index (χ3n) is 2.72. The first-order chi connectivity index (χ1) is 7.90. The third-order valence-corrected chi connectivity index (χ3v) is 2.72. The van der Waals surface area contributed by atoms with Gasteiger partial charge in [-0.3, -0.25) is 0 Å². The molecule has 0 radical (unpaired) electrons. The van der Waals surface area contributed by atoms with Crippen LogP contribution in [0.4, 0.5) is 15.8 Å². The molecule has 3 N–H and O–H groups in total. The maximum atomic E-state index is 12.9. The molecule has 1 atom stereocenters. The molecule has 0 fully saturated rings. The van der Waals surface area contributed by atoms with Crippen molar-refractivity contribution in [2.75, 3.05) is 31.7 Å². The zero-order chi connectivity index (χ0) is 13.0. The third kappa shape index (κ3) is 4.23. The summed E-state index contributed by atoms with van der Waals surface area (Å²) in [7, 11) is 4.07. The molecule has 4 heteroatoms. The summed E-state index contributed by atoms with van der Waals surface area (Å²) in [5.41, 5.74) is 7.04. The van der Waals surface area contributed by atoms with E-state index in [1.807, 2.05) is 14.1 Å². The van der Waals surface area contributed by atoms with Crippen LogP contribution in [0.15, 0.2) is 18.2 Å². The molecule has 17 heavy (non-hydrogen) atoms. The predicted molar refractivity (Wildman–Crippen MR) is 71.6 cm³/mol. The molecule has 1 rings (SSSR count). The van der Waals surface area contributed by atoms with Crippen molar-refractivity contribution in [2.45, 2.75) is 19.9 Å². The van der Waals surface area contributed by atoms with Gasteiger partial charge in [0.1, 0.15) is 5.82 Å². The van der Waals surface area contributed by atoms with Gasteiger partial charge < -0.3 is 16.0 Å². The van der Waals surface area contributed by atoms with Gasteiger partial charge in [-0.1, -0.05) is 13.8 Å². The summed E-state index contributed by atoms with van der Waals surface area (Å²) >= 11 is 0. The van der Waals surface area contributed by atoms with E-state index in [0.29, 0.717) is 11.6 Å². The van der Waals surface area contributed by atoms with Gasteiger partial charge in [0.15, 0.2) is 0 Å². The van der Waals surface area contributed by atoms with Crippen LogP contribution in [0, 0.1) is 11.7 Å². The lowest BCUT2D eigenvalue weighted by Crippen LogP contribution is -2.36. The Bertz CT molecular complexity index is 364. The summed E-state index contributed by atoms with van der Waals surface area (Å²) < 4.78 is 12.9. The first kappa shape index (κ1) is 13.8. The van der Waals surface area contributed by atoms with Crippen molar-refractivity contribution in [2.24, 2.45) is 5.92 Å². The number of rotatable bonds is 5. The number of hydrogen-bond donors (Lipinski definition) is 2. The lowest BCUT2D eigenvalue weighted by Gasteiger charge is -2.27. The Balaban J connectivity index is 2.78. The lowest BCUT2D eigenvalue weighted by atomic mass is 10.0. The number of likely N-dealkylation sites (N-methyl/N-ethyl adjacent to an activating group) is 1. The quantitative estimate of drug-likeness (QED) is 0.775. The van der Waals surface area contributed by atoms with Gasteiger partial charge in [-0.05, 0) is 38.2 Å². The SMILES string of the molecule is CC(C)C(CN(C)C)Nc1ccc(F)cc1N. The summed E-state index contributed by atoms with van der Waals surface area (Å²) in [6.45, 7) is 5.22. The maximum absolute atomic E-state index is 12.9. The van der Waals surface area contributed by atoms with Crippen LogP contribution in [0.5, 0.6) is 0 Å². The van der Waals surface area contributed by atoms with Crippen LogP contribution in [0.25, 0.3) is 0 Å². The van der Waals surface area contributed by atoms with Crippen molar-refractivity contribution < 1.29 is 4.39 Å². The van der Waals surface area contributed by atoms with Crippen LogP contribution in [0.3, 0.4) is 0 Å². The van der Waals surface area contributed by atoms with E-state index in [4.69, 9.17) is 5.73 Å². The Labute approximate surface area is 103 Å². The van der Waals surface area contributed by atoms with Gasteiger partial charge in [0, 0.05) is 12.6 Å². The molecule has 0 bridgehead atoms. The molecular formula is C13H22FN3. The van der Waals surface area contributed by atoms with E-state index in [1.54, 1.807) is 6.07 Å². The zero-order valence-corrected chi connectivity index (χ0v) is 11.0. The van der Waals surface area contributed by atoms with Gasteiger partial charge in [-0.2, -0.15) is 0 Å². The summed E-state index contributed by atoms with van der Waals surface area (Å²) in [5.74, 6) is 0.170. The second kappa shape index (κ2) is 5.87. The number of hydrogen-bond acceptors (Lipinski definition) is 3. The molecule has 96 valence electrons. The van der Waals surface area contributed by atoms with Crippen LogP contribution < -0.4 is 11.1 Å². The second-order valence-electron chi connectivity index (χ2n) is 4.99. The van der Waals surface area contributed by atoms with Crippen LogP contribution in [-0.4, -0.2) is 31.6 Å². The number of nitrogen functional groups attached to an aromatic ring is 1. The van der Waals surface area contributed by atoms with E-state index in [0.717, 1.165) is 12.2 Å². The highest BCUT2D eigenvalue weighted by molar-refractivity contribution is 5.66. The molecule has 0 aliphatic rings. The van der Waals surface area contributed by atoms with Crippen LogP contribution in [0.1, 0.15) is 13.8 Å². The number of halogens is 1. The Morgan fingerprint density at radius 3 is 2.47 bits per heavy atom. The summed E-state index contributed by atoms with van der Waals surface area (Å²) in [4.78, 5) is 2.12. The highest BCUT2D eigenvalue weighted by Gasteiger charge is 2.15. The number of benzene rings is 1. The van der Waals surface area contributed by atoms with Crippen LogP contribution in [0.2, 0.25) is 0 Å². The molecule has 0 aliphatic carbocycles. The minimum absolute atomic E-state index is 0.290. The van der Waals surface area contributed by atoms with Crippen molar-refractivity contribution in [1.29, 1.82) is 0 Å². The van der Waals surface area contributed by atoms with E-state index in [-0.39, 0.29) is 11.9 Å². The van der Waals surface area contributed by atoms with E-state index >= 15 is 0 Å². The Morgan fingerprint density at radius 2 is 2.00 bits per heavy atom. The molecule has 3 nitrogen and oxygen atoms in total. The van der Waals surface area contributed by atoms with Gasteiger partial charge in [0.2, 0.25) is 0 Å². The topological polar surface area (TPSA) is 41.3 Å². The largest absolute Gasteiger partial charge is 0.397 e. The monoisotopic (exact) mass is 239 g/mol. The van der Waals surface area contributed by atoms with Crippen molar-refractivity contribution in [1.82, 2.24) is 4.90 Å². The summed E-state index contributed by atoms with van der Waals surface area (Å²) in [5, 5.41) is 3.37. The zero-order valence-electron chi connectivity index (χ0n) is 11.0. The smallest absolute Gasteiger partial charge is 0.125 e. The normalized spacial score (nSPS) is 13.1. The van der Waals surface area contributed by atoms with Crippen molar-refractivity contribution in [3.63, 3.8) is 0 Å². The van der Waals surface area contributed by atoms with Crippen LogP contribution >= 0.6 is 0 Å². The van der Waals surface area contributed by atoms with Crippen molar-refractivity contribution >= 4 is 11.4 Å². The Hall–Kier alpha value is -1.29. The first-order valence-electron chi connectivity index (χ1n) is 5.86. The fraction of sp³-hybridized carbons (Fsp3) is 0.538. The molecule has 0 aromatic heterocycles. The number of nitrogens with two attached hydrogens (primary N) is 1. The van der Waals surface area contributed by atoms with Crippen molar-refractivity contribution in [3.05, 3.63) is 24.0 Å². The van der Waals surface area contributed by atoms with Gasteiger partial charge in [-0.25, -0.2) is 4.39 Å². The minimum atomic E-state index is -0.304. The van der Waals surface area contributed by atoms with Gasteiger partial charge in [-0.15, -0.1) is 0 Å². The molecule has 0 saturated heterocycles. The fourth-order valence-electron chi connectivity index (χ4n) is 1.68. The Kier molecular flexibility index (Phi) is 4.75. The van der Waals surface area contributed by atoms with E-state index in [2.05, 4.69) is 24.1 Å². The molecule has 0 heterocycles. The highest BCUT2D eigenvalue weighted by atomic mass is 19.1. The van der Waals surface area contributed by atoms with E-state index in [1.165, 1.54) is 12.1 Å². The molecule has 0 amide bonds. The number of nitrogens with zero attached hydrogens (tertiary/aromatic N) is 1. The number of anilines is 2. The predicted octanol–water partition coefficient (Wildman–Crippen LogP) is 2.41. The fourth-order valence-corrected chi connectivity index (χ4v) is 1.68. The average molecular weight is 239 g/mol. The standard InChI is InChI=1S/C13H22FN3/c1-9(2)13(8-17(3)4)16-12-6-5-10(14)7-11(12)15/h5-7,9,13,16H,8,15H2,1-4H3. The second-order valence-corrected chi connectivity index (χ2v) is 4.99. The van der Waals surface area contributed by atoms with Gasteiger partial charge in [0.05, 0.1) is 11.4 Å². The molecule has 0 aliphatic heterocycles. The molecule has 1 aromatic carbocycles. The molecule has 0 saturated carbocycles. The number of nitrogens with one attached hydrogen (secondary N) is 1. The summed E-state index contributed by atoms with van der Waals surface area (Å²) in [6, 6.07) is 4.74. The first-order valence-corrected chi connectivity index (χ1v) is 5.86. The minimum Gasteiger partial charge on any atom is -0.397 e. The van der Waals surface area contributed by atoms with Gasteiger partial charge in [0.25, 0.3) is 0 Å². The summed E-state index contributed by atoms with van der Waals surface area (Å²) in [6.07, 6.45) is 0. The maximum Gasteiger partial charge on any atom is 0.125 e. The van der Waals surface area contributed by atoms with E-state index < -0.39 is 0 Å². The van der Waals surface area contributed by atoms with Crippen LogP contribution in [-0.2, 0) is 0 Å². The average Bonchev–Trinajstić information content (AvgIpc) is 2.19. The van der Waals surface area contributed by atoms with Crippen molar-refractivity contribution in [3.8, 4) is 0 Å². The van der Waals surface area contributed by atoms with Gasteiger partial charge >= 0.3 is 0 Å². The Morgan fingerprint density at radius 1 is 1.35 bits per heavy atom.